The van der Waals surface area contributed by atoms with E-state index in [1.54, 1.807) is 12.5 Å². The van der Waals surface area contributed by atoms with E-state index < -0.39 is 0 Å². The van der Waals surface area contributed by atoms with Crippen molar-refractivity contribution in [1.29, 1.82) is 0 Å². The third-order valence-corrected chi connectivity index (χ3v) is 3.53. The van der Waals surface area contributed by atoms with Crippen molar-refractivity contribution in [2.24, 2.45) is 5.92 Å². The summed E-state index contributed by atoms with van der Waals surface area (Å²) in [6.07, 6.45) is 5.45. The van der Waals surface area contributed by atoms with Gasteiger partial charge in [0.05, 0.1) is 18.6 Å². The zero-order valence-electron chi connectivity index (χ0n) is 11.4. The minimum atomic E-state index is 0.137. The van der Waals surface area contributed by atoms with Crippen LogP contribution in [-0.4, -0.2) is 5.91 Å². The fraction of sp³-hybridized carbons (Fsp3) is 0.312. The van der Waals surface area contributed by atoms with Crippen LogP contribution in [0.25, 0.3) is 0 Å². The third-order valence-electron chi connectivity index (χ3n) is 3.53. The highest BCUT2D eigenvalue weighted by atomic mass is 16.3. The first-order valence-corrected chi connectivity index (χ1v) is 6.92. The van der Waals surface area contributed by atoms with E-state index in [0.29, 0.717) is 0 Å². The highest BCUT2D eigenvalue weighted by Crippen LogP contribution is 2.30. The van der Waals surface area contributed by atoms with E-state index in [0.717, 1.165) is 29.8 Å². The number of furan rings is 1. The van der Waals surface area contributed by atoms with Crippen molar-refractivity contribution in [2.45, 2.75) is 25.8 Å². The molecule has 4 nitrogen and oxygen atoms in total. The molecule has 1 aliphatic rings. The Morgan fingerprint density at radius 3 is 2.50 bits per heavy atom. The standard InChI is InChI=1S/C16H18N2O2/c1-11(13-8-9-20-10-13)17-14-4-6-15(7-5-14)18-16(19)12-2-3-12/h4-12,17H,2-3H2,1H3,(H,18,19). The van der Waals surface area contributed by atoms with Gasteiger partial charge >= 0.3 is 0 Å². The van der Waals surface area contributed by atoms with Crippen LogP contribution >= 0.6 is 0 Å². The monoisotopic (exact) mass is 270 g/mol. The summed E-state index contributed by atoms with van der Waals surface area (Å²) in [4.78, 5) is 11.7. The lowest BCUT2D eigenvalue weighted by Crippen LogP contribution is -2.13. The second kappa shape index (κ2) is 5.41. The summed E-state index contributed by atoms with van der Waals surface area (Å²) >= 11 is 0. The Labute approximate surface area is 118 Å². The van der Waals surface area contributed by atoms with Gasteiger partial charge in [0.2, 0.25) is 5.91 Å². The topological polar surface area (TPSA) is 54.3 Å². The molecule has 20 heavy (non-hydrogen) atoms. The SMILES string of the molecule is CC(Nc1ccc(NC(=O)C2CC2)cc1)c1ccoc1. The largest absolute Gasteiger partial charge is 0.472 e. The first kappa shape index (κ1) is 12.8. The molecule has 1 aromatic heterocycles. The van der Waals surface area contributed by atoms with Gasteiger partial charge < -0.3 is 15.1 Å². The summed E-state index contributed by atoms with van der Waals surface area (Å²) in [7, 11) is 0. The molecule has 0 spiro atoms. The van der Waals surface area contributed by atoms with Crippen LogP contribution in [0, 0.1) is 5.92 Å². The average Bonchev–Trinajstić information content (AvgIpc) is 3.16. The number of carbonyl (C=O) groups is 1. The molecule has 1 heterocycles. The Balaban J connectivity index is 1.59. The summed E-state index contributed by atoms with van der Waals surface area (Å²) in [6.45, 7) is 2.08. The molecule has 0 saturated heterocycles. The number of rotatable bonds is 5. The van der Waals surface area contributed by atoms with Gasteiger partial charge in [-0.25, -0.2) is 0 Å². The molecule has 1 fully saturated rings. The van der Waals surface area contributed by atoms with Gasteiger partial charge in [0.1, 0.15) is 0 Å². The first-order chi connectivity index (χ1) is 9.72. The van der Waals surface area contributed by atoms with Crippen molar-refractivity contribution in [3.63, 3.8) is 0 Å². The zero-order valence-corrected chi connectivity index (χ0v) is 11.4. The fourth-order valence-electron chi connectivity index (χ4n) is 2.09. The van der Waals surface area contributed by atoms with Gasteiger partial charge in [-0.1, -0.05) is 0 Å². The van der Waals surface area contributed by atoms with Gasteiger partial charge in [0.15, 0.2) is 0 Å². The number of hydrogen-bond donors (Lipinski definition) is 2. The highest BCUT2D eigenvalue weighted by Gasteiger charge is 2.29. The van der Waals surface area contributed by atoms with Crippen LogP contribution in [0.3, 0.4) is 0 Å². The Morgan fingerprint density at radius 2 is 1.90 bits per heavy atom. The molecule has 2 aromatic rings. The molecule has 1 atom stereocenters. The van der Waals surface area contributed by atoms with Crippen LogP contribution in [0.15, 0.2) is 47.3 Å². The number of benzene rings is 1. The van der Waals surface area contributed by atoms with Crippen LogP contribution in [0.2, 0.25) is 0 Å². The van der Waals surface area contributed by atoms with E-state index in [4.69, 9.17) is 4.42 Å². The molecular weight excluding hydrogens is 252 g/mol. The lowest BCUT2D eigenvalue weighted by molar-refractivity contribution is -0.117. The quantitative estimate of drug-likeness (QED) is 0.868. The Kier molecular flexibility index (Phi) is 3.46. The zero-order chi connectivity index (χ0) is 13.9. The summed E-state index contributed by atoms with van der Waals surface area (Å²) in [5.41, 5.74) is 2.97. The van der Waals surface area contributed by atoms with Crippen LogP contribution < -0.4 is 10.6 Å². The number of hydrogen-bond acceptors (Lipinski definition) is 3. The van der Waals surface area contributed by atoms with E-state index >= 15 is 0 Å². The molecule has 0 aliphatic heterocycles. The van der Waals surface area contributed by atoms with E-state index in [9.17, 15) is 4.79 Å². The van der Waals surface area contributed by atoms with Gasteiger partial charge in [-0.2, -0.15) is 0 Å². The highest BCUT2D eigenvalue weighted by molar-refractivity contribution is 5.94. The Bertz CT molecular complexity index is 571. The van der Waals surface area contributed by atoms with Crippen LogP contribution in [0.4, 0.5) is 11.4 Å². The summed E-state index contributed by atoms with van der Waals surface area (Å²) in [5, 5.41) is 6.32. The van der Waals surface area contributed by atoms with Crippen molar-refractivity contribution >= 4 is 17.3 Å². The smallest absolute Gasteiger partial charge is 0.227 e. The van der Waals surface area contributed by atoms with Crippen LogP contribution in [-0.2, 0) is 4.79 Å². The molecule has 4 heteroatoms. The van der Waals surface area contributed by atoms with Gasteiger partial charge in [0.25, 0.3) is 0 Å². The maximum atomic E-state index is 11.7. The average molecular weight is 270 g/mol. The van der Waals surface area contributed by atoms with Crippen molar-refractivity contribution in [1.82, 2.24) is 0 Å². The molecule has 2 N–H and O–H groups in total. The number of amides is 1. The number of anilines is 2. The molecule has 3 rings (SSSR count). The first-order valence-electron chi connectivity index (χ1n) is 6.92. The predicted octanol–water partition coefficient (Wildman–Crippen LogP) is 3.80. The summed E-state index contributed by atoms with van der Waals surface area (Å²) in [5.74, 6) is 0.367. The second-order valence-corrected chi connectivity index (χ2v) is 5.26. The second-order valence-electron chi connectivity index (χ2n) is 5.26. The third kappa shape index (κ3) is 3.02. The Hall–Kier alpha value is -2.23. The molecule has 1 saturated carbocycles. The number of nitrogens with one attached hydrogen (secondary N) is 2. The molecule has 1 amide bonds. The van der Waals surface area contributed by atoms with Crippen molar-refractivity contribution in [3.8, 4) is 0 Å². The minimum absolute atomic E-state index is 0.137. The molecule has 1 unspecified atom stereocenters. The molecule has 1 aliphatic carbocycles. The molecule has 104 valence electrons. The van der Waals surface area contributed by atoms with E-state index in [2.05, 4.69) is 17.6 Å². The van der Waals surface area contributed by atoms with Crippen molar-refractivity contribution in [3.05, 3.63) is 48.4 Å². The van der Waals surface area contributed by atoms with Gasteiger partial charge in [-0.15, -0.1) is 0 Å². The van der Waals surface area contributed by atoms with E-state index in [-0.39, 0.29) is 17.9 Å². The van der Waals surface area contributed by atoms with Crippen LogP contribution in [0.5, 0.6) is 0 Å². The normalized spacial score (nSPS) is 15.7. The molecule has 1 aromatic carbocycles. The summed E-state index contributed by atoms with van der Waals surface area (Å²) in [6, 6.07) is 9.91. The molecular formula is C16H18N2O2. The van der Waals surface area contributed by atoms with E-state index in [1.165, 1.54) is 0 Å². The number of carbonyl (C=O) groups excluding carboxylic acids is 1. The molecule has 0 radical (unpaired) electrons. The van der Waals surface area contributed by atoms with Gasteiger partial charge in [-0.05, 0) is 50.1 Å². The van der Waals surface area contributed by atoms with Crippen molar-refractivity contribution < 1.29 is 9.21 Å². The Morgan fingerprint density at radius 1 is 1.20 bits per heavy atom. The fourth-order valence-corrected chi connectivity index (χ4v) is 2.09. The lowest BCUT2D eigenvalue weighted by Gasteiger charge is -2.14. The minimum Gasteiger partial charge on any atom is -0.472 e. The maximum Gasteiger partial charge on any atom is 0.227 e. The maximum absolute atomic E-state index is 11.7. The predicted molar refractivity (Wildman–Crippen MR) is 78.5 cm³/mol. The van der Waals surface area contributed by atoms with Crippen molar-refractivity contribution in [2.75, 3.05) is 10.6 Å². The van der Waals surface area contributed by atoms with Gasteiger partial charge in [-0.3, -0.25) is 4.79 Å². The van der Waals surface area contributed by atoms with Gasteiger partial charge in [0, 0.05) is 22.9 Å². The van der Waals surface area contributed by atoms with Crippen LogP contribution in [0.1, 0.15) is 31.4 Å². The summed E-state index contributed by atoms with van der Waals surface area (Å²) < 4.78 is 5.08. The molecule has 0 bridgehead atoms. The lowest BCUT2D eigenvalue weighted by atomic mass is 10.1. The van der Waals surface area contributed by atoms with E-state index in [1.807, 2.05) is 30.3 Å².